The van der Waals surface area contributed by atoms with E-state index >= 15 is 0 Å². The lowest BCUT2D eigenvalue weighted by Crippen LogP contribution is -2.17. The van der Waals surface area contributed by atoms with E-state index in [-0.39, 0.29) is 29.5 Å². The number of furan rings is 1. The minimum absolute atomic E-state index is 0.0525. The van der Waals surface area contributed by atoms with Gasteiger partial charge in [0, 0.05) is 11.3 Å². The fourth-order valence-corrected chi connectivity index (χ4v) is 3.79. The zero-order valence-corrected chi connectivity index (χ0v) is 17.4. The minimum atomic E-state index is -4.52. The minimum Gasteiger partial charge on any atom is -0.467 e. The zero-order chi connectivity index (χ0) is 23.2. The van der Waals surface area contributed by atoms with Crippen molar-refractivity contribution in [3.05, 3.63) is 70.4 Å². The Hall–Kier alpha value is -3.82. The van der Waals surface area contributed by atoms with E-state index in [1.54, 1.807) is 30.5 Å². The highest BCUT2D eigenvalue weighted by Crippen LogP contribution is 2.32. The van der Waals surface area contributed by atoms with Crippen molar-refractivity contribution in [3.63, 3.8) is 0 Å². The van der Waals surface area contributed by atoms with Crippen LogP contribution in [0, 0.1) is 13.8 Å². The van der Waals surface area contributed by atoms with Gasteiger partial charge in [-0.3, -0.25) is 14.9 Å². The lowest BCUT2D eigenvalue weighted by molar-refractivity contribution is -0.137. The maximum atomic E-state index is 13.2. The summed E-state index contributed by atoms with van der Waals surface area (Å²) in [7, 11) is 0. The van der Waals surface area contributed by atoms with Crippen LogP contribution in [0.1, 0.15) is 50.4 Å². The Labute approximate surface area is 180 Å². The second kappa shape index (κ2) is 7.70. The maximum absolute atomic E-state index is 13.2. The number of rotatable bonds is 5. The monoisotopic (exact) mass is 444 g/mol. The van der Waals surface area contributed by atoms with Crippen LogP contribution in [0.3, 0.4) is 0 Å². The first-order chi connectivity index (χ1) is 15.1. The molecule has 0 unspecified atom stereocenters. The lowest BCUT2D eigenvalue weighted by Gasteiger charge is -2.09. The number of Topliss-reactive ketones (excluding diaryl/α,β-unsaturated/α-hetero) is 1. The normalized spacial score (nSPS) is 11.8. The fourth-order valence-electron chi connectivity index (χ4n) is 3.79. The Morgan fingerprint density at radius 1 is 1.22 bits per heavy atom. The number of halogens is 3. The fraction of sp³-hybridized carbons (Fsp3) is 0.227. The van der Waals surface area contributed by atoms with E-state index in [1.165, 1.54) is 19.3 Å². The number of benzene rings is 1. The number of anilines is 1. The largest absolute Gasteiger partial charge is 0.467 e. The Morgan fingerprint density at radius 3 is 2.56 bits per heavy atom. The summed E-state index contributed by atoms with van der Waals surface area (Å²) in [6.07, 6.45) is -3.05. The predicted molar refractivity (Wildman–Crippen MR) is 111 cm³/mol. The second-order valence-electron chi connectivity index (χ2n) is 7.44. The number of imidazole rings is 1. The standard InChI is InChI=1S/C22H19F3N4O3/c1-11-18(13(3)30)12(2)26-19(11)20(31)28-21-27-16-9-14(22(23,24)25)6-7-17(16)29(21)10-15-5-4-8-32-15/h4-9,26H,10H2,1-3H3,(H,27,28,31). The van der Waals surface area contributed by atoms with Gasteiger partial charge in [-0.2, -0.15) is 13.2 Å². The van der Waals surface area contributed by atoms with Crippen molar-refractivity contribution in [1.82, 2.24) is 14.5 Å². The molecule has 0 aliphatic heterocycles. The molecule has 3 aromatic heterocycles. The summed E-state index contributed by atoms with van der Waals surface area (Å²) in [6, 6.07) is 6.59. The van der Waals surface area contributed by atoms with Crippen LogP contribution in [-0.2, 0) is 12.7 Å². The number of hydrogen-bond acceptors (Lipinski definition) is 4. The smallest absolute Gasteiger partial charge is 0.416 e. The van der Waals surface area contributed by atoms with Crippen molar-refractivity contribution >= 4 is 28.7 Å². The third-order valence-electron chi connectivity index (χ3n) is 5.21. The third-order valence-corrected chi connectivity index (χ3v) is 5.21. The number of amides is 1. The number of aromatic amines is 1. The molecular formula is C22H19F3N4O3. The van der Waals surface area contributed by atoms with Crippen LogP contribution in [-0.4, -0.2) is 26.2 Å². The number of ketones is 1. The first kappa shape index (κ1) is 21.4. The molecule has 0 atom stereocenters. The van der Waals surface area contributed by atoms with Gasteiger partial charge in [-0.1, -0.05) is 0 Å². The number of carbonyl (C=O) groups excluding carboxylic acids is 2. The number of fused-ring (bicyclic) bond motifs is 1. The molecule has 4 rings (SSSR count). The van der Waals surface area contributed by atoms with Gasteiger partial charge >= 0.3 is 6.18 Å². The van der Waals surface area contributed by atoms with Gasteiger partial charge < -0.3 is 14.0 Å². The van der Waals surface area contributed by atoms with Gasteiger partial charge in [0.25, 0.3) is 5.91 Å². The van der Waals surface area contributed by atoms with Gasteiger partial charge in [-0.05, 0) is 56.7 Å². The summed E-state index contributed by atoms with van der Waals surface area (Å²) in [5.41, 5.74) is 1.28. The van der Waals surface area contributed by atoms with E-state index < -0.39 is 17.6 Å². The molecule has 7 nitrogen and oxygen atoms in total. The summed E-state index contributed by atoms with van der Waals surface area (Å²) in [5.74, 6) is -0.160. The van der Waals surface area contributed by atoms with Crippen LogP contribution in [0.15, 0.2) is 41.0 Å². The van der Waals surface area contributed by atoms with Gasteiger partial charge in [0.15, 0.2) is 5.78 Å². The maximum Gasteiger partial charge on any atom is 0.416 e. The summed E-state index contributed by atoms with van der Waals surface area (Å²) >= 11 is 0. The highest BCUT2D eigenvalue weighted by Gasteiger charge is 2.31. The molecule has 32 heavy (non-hydrogen) atoms. The van der Waals surface area contributed by atoms with Crippen LogP contribution in [0.5, 0.6) is 0 Å². The molecule has 0 spiro atoms. The highest BCUT2D eigenvalue weighted by molar-refractivity contribution is 6.07. The average molecular weight is 444 g/mol. The van der Waals surface area contributed by atoms with Crippen LogP contribution < -0.4 is 5.32 Å². The first-order valence-electron chi connectivity index (χ1n) is 9.67. The van der Waals surface area contributed by atoms with E-state index in [0.717, 1.165) is 12.1 Å². The Balaban J connectivity index is 1.77. The number of carbonyl (C=O) groups is 2. The molecule has 0 bridgehead atoms. The average Bonchev–Trinajstić information content (AvgIpc) is 3.40. The summed E-state index contributed by atoms with van der Waals surface area (Å²) in [6.45, 7) is 4.89. The van der Waals surface area contributed by atoms with Gasteiger partial charge in [0.1, 0.15) is 11.5 Å². The molecule has 2 N–H and O–H groups in total. The first-order valence-corrected chi connectivity index (χ1v) is 9.67. The molecular weight excluding hydrogens is 425 g/mol. The van der Waals surface area contributed by atoms with Crippen LogP contribution in [0.2, 0.25) is 0 Å². The van der Waals surface area contributed by atoms with E-state index in [1.807, 2.05) is 0 Å². The molecule has 0 fully saturated rings. The number of hydrogen-bond donors (Lipinski definition) is 2. The third kappa shape index (κ3) is 3.79. The highest BCUT2D eigenvalue weighted by atomic mass is 19.4. The number of nitrogens with zero attached hydrogens (tertiary/aromatic N) is 2. The molecule has 3 heterocycles. The van der Waals surface area contributed by atoms with Crippen LogP contribution >= 0.6 is 0 Å². The quantitative estimate of drug-likeness (QED) is 0.419. The van der Waals surface area contributed by atoms with Crippen molar-refractivity contribution in [2.75, 3.05) is 5.32 Å². The molecule has 0 aliphatic carbocycles. The lowest BCUT2D eigenvalue weighted by atomic mass is 10.1. The molecule has 0 aliphatic rings. The van der Waals surface area contributed by atoms with Crippen molar-refractivity contribution in [2.45, 2.75) is 33.5 Å². The van der Waals surface area contributed by atoms with Crippen molar-refractivity contribution < 1.29 is 27.2 Å². The van der Waals surface area contributed by atoms with Crippen LogP contribution in [0.25, 0.3) is 11.0 Å². The Morgan fingerprint density at radius 2 is 1.97 bits per heavy atom. The molecule has 1 amide bonds. The Kier molecular flexibility index (Phi) is 5.15. The van der Waals surface area contributed by atoms with Crippen LogP contribution in [0.4, 0.5) is 19.1 Å². The topological polar surface area (TPSA) is 92.9 Å². The van der Waals surface area contributed by atoms with Gasteiger partial charge in [0.2, 0.25) is 5.95 Å². The van der Waals surface area contributed by atoms with E-state index in [2.05, 4.69) is 15.3 Å². The van der Waals surface area contributed by atoms with E-state index in [0.29, 0.717) is 28.1 Å². The van der Waals surface area contributed by atoms with E-state index in [4.69, 9.17) is 4.42 Å². The van der Waals surface area contributed by atoms with Crippen molar-refractivity contribution in [3.8, 4) is 0 Å². The number of nitrogens with one attached hydrogen (secondary N) is 2. The molecule has 1 aromatic carbocycles. The summed E-state index contributed by atoms with van der Waals surface area (Å²) < 4.78 is 46.4. The number of H-pyrrole nitrogens is 1. The zero-order valence-electron chi connectivity index (χ0n) is 17.4. The Bertz CT molecular complexity index is 1330. The van der Waals surface area contributed by atoms with Crippen molar-refractivity contribution in [1.29, 1.82) is 0 Å². The number of aryl methyl sites for hydroxylation is 1. The van der Waals surface area contributed by atoms with Gasteiger partial charge in [-0.15, -0.1) is 0 Å². The second-order valence-corrected chi connectivity index (χ2v) is 7.44. The molecule has 166 valence electrons. The molecule has 10 heteroatoms. The van der Waals surface area contributed by atoms with E-state index in [9.17, 15) is 22.8 Å². The summed E-state index contributed by atoms with van der Waals surface area (Å²) in [4.78, 5) is 32.0. The molecule has 0 saturated heterocycles. The van der Waals surface area contributed by atoms with Crippen molar-refractivity contribution in [2.24, 2.45) is 0 Å². The van der Waals surface area contributed by atoms with Gasteiger partial charge in [0.05, 0.1) is 29.4 Å². The predicted octanol–water partition coefficient (Wildman–Crippen LogP) is 5.10. The molecule has 4 aromatic rings. The number of aromatic nitrogens is 3. The molecule has 0 radical (unpaired) electrons. The summed E-state index contributed by atoms with van der Waals surface area (Å²) in [5, 5.41) is 2.65. The van der Waals surface area contributed by atoms with Gasteiger partial charge in [-0.25, -0.2) is 4.98 Å². The molecule has 0 saturated carbocycles. The number of alkyl halides is 3. The SMILES string of the molecule is CC(=O)c1c(C)[nH]c(C(=O)Nc2nc3cc(C(F)(F)F)ccc3n2Cc2ccco2)c1C.